The van der Waals surface area contributed by atoms with Crippen molar-refractivity contribution in [1.29, 1.82) is 0 Å². The predicted molar refractivity (Wildman–Crippen MR) is 51.8 cm³/mol. The Bertz CT molecular complexity index is 289. The standard InChI is InChI=1S/C9H13ClN2/c1-6-4-3-5-8(7(6)2)9(10,11)12/h3-5H,11-12H2,1-2H3. The van der Waals surface area contributed by atoms with E-state index in [1.54, 1.807) is 0 Å². The first-order chi connectivity index (χ1) is 5.43. The van der Waals surface area contributed by atoms with Gasteiger partial charge >= 0.3 is 0 Å². The Kier molecular flexibility index (Phi) is 2.42. The quantitative estimate of drug-likeness (QED) is 0.396. The van der Waals surface area contributed by atoms with Crippen molar-refractivity contribution in [2.45, 2.75) is 19.0 Å². The zero-order chi connectivity index (χ0) is 9.35. The van der Waals surface area contributed by atoms with Crippen molar-refractivity contribution in [3.63, 3.8) is 0 Å². The third kappa shape index (κ3) is 1.78. The molecule has 0 aromatic heterocycles. The fourth-order valence-electron chi connectivity index (χ4n) is 1.17. The zero-order valence-corrected chi connectivity index (χ0v) is 8.02. The van der Waals surface area contributed by atoms with Crippen molar-refractivity contribution in [2.24, 2.45) is 11.5 Å². The van der Waals surface area contributed by atoms with Crippen LogP contribution in [0.2, 0.25) is 0 Å². The van der Waals surface area contributed by atoms with Crippen molar-refractivity contribution in [3.8, 4) is 0 Å². The number of halogens is 1. The van der Waals surface area contributed by atoms with Crippen LogP contribution in [0.15, 0.2) is 18.2 Å². The van der Waals surface area contributed by atoms with Gasteiger partial charge in [-0.05, 0) is 25.0 Å². The Morgan fingerprint density at radius 2 is 1.83 bits per heavy atom. The molecule has 0 spiro atoms. The molecule has 12 heavy (non-hydrogen) atoms. The van der Waals surface area contributed by atoms with Gasteiger partial charge in [0.25, 0.3) is 0 Å². The minimum atomic E-state index is -1.25. The van der Waals surface area contributed by atoms with Gasteiger partial charge in [0, 0.05) is 5.56 Å². The van der Waals surface area contributed by atoms with Crippen LogP contribution in [0.4, 0.5) is 0 Å². The molecule has 0 aliphatic heterocycles. The van der Waals surface area contributed by atoms with Crippen LogP contribution in [-0.4, -0.2) is 0 Å². The van der Waals surface area contributed by atoms with E-state index in [0.29, 0.717) is 0 Å². The summed E-state index contributed by atoms with van der Waals surface area (Å²) >= 11 is 5.79. The first kappa shape index (κ1) is 9.52. The molecule has 66 valence electrons. The van der Waals surface area contributed by atoms with Crippen LogP contribution >= 0.6 is 11.6 Å². The molecule has 0 heterocycles. The third-order valence-electron chi connectivity index (χ3n) is 2.02. The molecule has 0 unspecified atom stereocenters. The van der Waals surface area contributed by atoms with Crippen LogP contribution < -0.4 is 11.5 Å². The predicted octanol–water partition coefficient (Wildman–Crippen LogP) is 1.57. The second-order valence-electron chi connectivity index (χ2n) is 3.02. The molecule has 0 atom stereocenters. The molecule has 0 bridgehead atoms. The summed E-state index contributed by atoms with van der Waals surface area (Å²) in [4.78, 5) is 0. The highest BCUT2D eigenvalue weighted by atomic mass is 35.5. The Morgan fingerprint density at radius 1 is 1.25 bits per heavy atom. The van der Waals surface area contributed by atoms with Gasteiger partial charge in [-0.15, -0.1) is 0 Å². The summed E-state index contributed by atoms with van der Waals surface area (Å²) in [6.45, 7) is 3.96. The summed E-state index contributed by atoms with van der Waals surface area (Å²) in [7, 11) is 0. The van der Waals surface area contributed by atoms with E-state index in [0.717, 1.165) is 16.7 Å². The summed E-state index contributed by atoms with van der Waals surface area (Å²) in [5.41, 5.74) is 14.1. The average Bonchev–Trinajstić information content (AvgIpc) is 1.92. The molecule has 0 amide bonds. The molecule has 0 saturated carbocycles. The topological polar surface area (TPSA) is 52.0 Å². The summed E-state index contributed by atoms with van der Waals surface area (Å²) in [6, 6.07) is 5.74. The van der Waals surface area contributed by atoms with Crippen molar-refractivity contribution >= 4 is 11.6 Å². The van der Waals surface area contributed by atoms with Crippen LogP contribution in [0.25, 0.3) is 0 Å². The van der Waals surface area contributed by atoms with Crippen molar-refractivity contribution < 1.29 is 0 Å². The highest BCUT2D eigenvalue weighted by Crippen LogP contribution is 2.22. The lowest BCUT2D eigenvalue weighted by atomic mass is 10.0. The molecule has 1 aromatic rings. The van der Waals surface area contributed by atoms with Gasteiger partial charge in [0.1, 0.15) is 0 Å². The monoisotopic (exact) mass is 184 g/mol. The molecule has 1 aromatic carbocycles. The molecule has 1 rings (SSSR count). The molecular formula is C9H13ClN2. The smallest absolute Gasteiger partial charge is 0.168 e. The van der Waals surface area contributed by atoms with Gasteiger partial charge in [0.05, 0.1) is 0 Å². The van der Waals surface area contributed by atoms with Crippen molar-refractivity contribution in [2.75, 3.05) is 0 Å². The maximum Gasteiger partial charge on any atom is 0.168 e. The maximum atomic E-state index is 5.79. The molecule has 3 heteroatoms. The van der Waals surface area contributed by atoms with Crippen molar-refractivity contribution in [1.82, 2.24) is 0 Å². The Balaban J connectivity index is 3.26. The minimum Gasteiger partial charge on any atom is -0.297 e. The molecule has 0 radical (unpaired) electrons. The number of hydrogen-bond donors (Lipinski definition) is 2. The Hall–Kier alpha value is -0.570. The Labute approximate surface area is 77.5 Å². The van der Waals surface area contributed by atoms with E-state index in [4.69, 9.17) is 23.1 Å². The summed E-state index contributed by atoms with van der Waals surface area (Å²) in [5.74, 6) is 0. The van der Waals surface area contributed by atoms with Crippen molar-refractivity contribution in [3.05, 3.63) is 34.9 Å². The fourth-order valence-corrected chi connectivity index (χ4v) is 1.37. The van der Waals surface area contributed by atoms with Crippen LogP contribution in [0.3, 0.4) is 0 Å². The summed E-state index contributed by atoms with van der Waals surface area (Å²) in [6.07, 6.45) is 0. The van der Waals surface area contributed by atoms with Gasteiger partial charge in [-0.2, -0.15) is 0 Å². The largest absolute Gasteiger partial charge is 0.297 e. The van der Waals surface area contributed by atoms with Gasteiger partial charge in [0.2, 0.25) is 0 Å². The van der Waals surface area contributed by atoms with Gasteiger partial charge in [-0.25, -0.2) is 0 Å². The normalized spacial score (nSPS) is 11.8. The first-order valence-electron chi connectivity index (χ1n) is 3.76. The SMILES string of the molecule is Cc1cccc(C(N)(N)Cl)c1C. The van der Waals surface area contributed by atoms with Crippen LogP contribution in [0, 0.1) is 13.8 Å². The fraction of sp³-hybridized carbons (Fsp3) is 0.333. The van der Waals surface area contributed by atoms with Gasteiger partial charge in [-0.3, -0.25) is 11.5 Å². The van der Waals surface area contributed by atoms with Gasteiger partial charge in [-0.1, -0.05) is 29.8 Å². The summed E-state index contributed by atoms with van der Waals surface area (Å²) in [5, 5.41) is -1.25. The van der Waals surface area contributed by atoms with E-state index in [1.807, 2.05) is 32.0 Å². The lowest BCUT2D eigenvalue weighted by molar-refractivity contribution is 0.673. The number of alkyl halides is 1. The van der Waals surface area contributed by atoms with E-state index in [1.165, 1.54) is 0 Å². The van der Waals surface area contributed by atoms with E-state index in [-0.39, 0.29) is 0 Å². The summed E-state index contributed by atoms with van der Waals surface area (Å²) < 4.78 is 0. The first-order valence-corrected chi connectivity index (χ1v) is 4.14. The van der Waals surface area contributed by atoms with Gasteiger partial charge in [0.15, 0.2) is 5.12 Å². The molecule has 0 fully saturated rings. The van der Waals surface area contributed by atoms with Crippen LogP contribution in [-0.2, 0) is 5.12 Å². The maximum absolute atomic E-state index is 5.79. The van der Waals surface area contributed by atoms with Crippen LogP contribution in [0.1, 0.15) is 16.7 Å². The third-order valence-corrected chi connectivity index (χ3v) is 2.22. The number of benzene rings is 1. The number of hydrogen-bond acceptors (Lipinski definition) is 2. The second kappa shape index (κ2) is 3.05. The molecular weight excluding hydrogens is 172 g/mol. The number of nitrogens with two attached hydrogens (primary N) is 2. The molecule has 0 aliphatic rings. The lowest BCUT2D eigenvalue weighted by Crippen LogP contribution is -2.40. The van der Waals surface area contributed by atoms with Crippen LogP contribution in [0.5, 0.6) is 0 Å². The second-order valence-corrected chi connectivity index (χ2v) is 3.64. The molecule has 0 saturated heterocycles. The molecule has 0 aliphatic carbocycles. The van der Waals surface area contributed by atoms with E-state index >= 15 is 0 Å². The lowest BCUT2D eigenvalue weighted by Gasteiger charge is -2.19. The Morgan fingerprint density at radius 3 is 2.25 bits per heavy atom. The number of aryl methyl sites for hydroxylation is 1. The van der Waals surface area contributed by atoms with E-state index in [2.05, 4.69) is 0 Å². The van der Waals surface area contributed by atoms with E-state index < -0.39 is 5.12 Å². The highest BCUT2D eigenvalue weighted by Gasteiger charge is 2.19. The highest BCUT2D eigenvalue weighted by molar-refractivity contribution is 6.23. The molecule has 4 N–H and O–H groups in total. The van der Waals surface area contributed by atoms with Gasteiger partial charge < -0.3 is 0 Å². The zero-order valence-electron chi connectivity index (χ0n) is 7.26. The minimum absolute atomic E-state index is 0.782. The van der Waals surface area contributed by atoms with E-state index in [9.17, 15) is 0 Å². The average molecular weight is 185 g/mol. The molecule has 2 nitrogen and oxygen atoms in total. The number of rotatable bonds is 1.